The van der Waals surface area contributed by atoms with Crippen LogP contribution in [0.3, 0.4) is 0 Å². The standard InChI is InChI=1S/C25H28N2O5/c1-2-7-17(12-23(28)27-13-16(14-27)24(29)30)26-25(31)32-15-22-20-10-5-3-8-18(20)19-9-4-6-11-21(19)22/h3-6,8-11,16-17,22H,2,7,12-15H2,1H3,(H,26,31)(H,29,30). The highest BCUT2D eigenvalue weighted by molar-refractivity contribution is 5.82. The summed E-state index contributed by atoms with van der Waals surface area (Å²) in [5.74, 6) is -1.53. The van der Waals surface area contributed by atoms with Crippen LogP contribution in [0.4, 0.5) is 4.79 Å². The molecule has 2 amide bonds. The molecule has 2 aromatic rings. The van der Waals surface area contributed by atoms with Gasteiger partial charge in [0.25, 0.3) is 0 Å². The molecule has 1 saturated heterocycles. The monoisotopic (exact) mass is 436 g/mol. The fourth-order valence-corrected chi connectivity index (χ4v) is 4.56. The maximum Gasteiger partial charge on any atom is 0.407 e. The number of likely N-dealkylation sites (tertiary alicyclic amines) is 1. The number of carboxylic acid groups (broad SMARTS) is 1. The van der Waals surface area contributed by atoms with E-state index in [1.54, 1.807) is 0 Å². The van der Waals surface area contributed by atoms with Gasteiger partial charge in [-0.05, 0) is 28.7 Å². The van der Waals surface area contributed by atoms with Crippen LogP contribution in [0, 0.1) is 5.92 Å². The summed E-state index contributed by atoms with van der Waals surface area (Å²) in [4.78, 5) is 37.5. The van der Waals surface area contributed by atoms with Crippen LogP contribution >= 0.6 is 0 Å². The van der Waals surface area contributed by atoms with Gasteiger partial charge in [0.2, 0.25) is 5.91 Å². The molecule has 0 aromatic heterocycles. The number of aliphatic carboxylic acids is 1. The van der Waals surface area contributed by atoms with E-state index in [2.05, 4.69) is 29.6 Å². The molecule has 2 aliphatic rings. The van der Waals surface area contributed by atoms with E-state index >= 15 is 0 Å². The first-order valence-corrected chi connectivity index (χ1v) is 11.1. The number of hydrogen-bond acceptors (Lipinski definition) is 4. The molecule has 2 N–H and O–H groups in total. The predicted molar refractivity (Wildman–Crippen MR) is 119 cm³/mol. The number of nitrogens with zero attached hydrogens (tertiary/aromatic N) is 1. The highest BCUT2D eigenvalue weighted by Crippen LogP contribution is 2.44. The Morgan fingerprint density at radius 3 is 2.22 bits per heavy atom. The average Bonchev–Trinajstić information content (AvgIpc) is 3.05. The zero-order chi connectivity index (χ0) is 22.7. The van der Waals surface area contributed by atoms with Gasteiger partial charge in [-0.25, -0.2) is 4.79 Å². The Hall–Kier alpha value is -3.35. The first-order valence-electron chi connectivity index (χ1n) is 11.1. The van der Waals surface area contributed by atoms with Crippen LogP contribution in [-0.2, 0) is 14.3 Å². The van der Waals surface area contributed by atoms with Gasteiger partial charge in [-0.1, -0.05) is 61.9 Å². The number of hydrogen-bond donors (Lipinski definition) is 2. The fourth-order valence-electron chi connectivity index (χ4n) is 4.56. The molecule has 7 nitrogen and oxygen atoms in total. The minimum atomic E-state index is -0.879. The molecule has 0 bridgehead atoms. The summed E-state index contributed by atoms with van der Waals surface area (Å²) in [7, 11) is 0. The van der Waals surface area contributed by atoms with E-state index in [1.165, 1.54) is 16.0 Å². The van der Waals surface area contributed by atoms with Gasteiger partial charge in [-0.2, -0.15) is 0 Å². The Bertz CT molecular complexity index is 969. The Morgan fingerprint density at radius 1 is 1.06 bits per heavy atom. The van der Waals surface area contributed by atoms with Crippen molar-refractivity contribution >= 4 is 18.0 Å². The van der Waals surface area contributed by atoms with E-state index in [-0.39, 0.29) is 44.0 Å². The summed E-state index contributed by atoms with van der Waals surface area (Å²) in [5.41, 5.74) is 4.63. The summed E-state index contributed by atoms with van der Waals surface area (Å²) in [6.45, 7) is 2.68. The number of fused-ring (bicyclic) bond motifs is 3. The van der Waals surface area contributed by atoms with Crippen molar-refractivity contribution in [2.75, 3.05) is 19.7 Å². The van der Waals surface area contributed by atoms with Crippen molar-refractivity contribution in [1.29, 1.82) is 0 Å². The van der Waals surface area contributed by atoms with Crippen LogP contribution in [0.1, 0.15) is 43.2 Å². The molecule has 32 heavy (non-hydrogen) atoms. The SMILES string of the molecule is CCCC(CC(=O)N1CC(C(=O)O)C1)NC(=O)OCC1c2ccccc2-c2ccccc21. The van der Waals surface area contributed by atoms with E-state index in [1.807, 2.05) is 31.2 Å². The molecule has 1 unspecified atom stereocenters. The molecule has 1 fully saturated rings. The summed E-state index contributed by atoms with van der Waals surface area (Å²) in [5, 5.41) is 11.8. The molecular formula is C25H28N2O5. The van der Waals surface area contributed by atoms with Crippen molar-refractivity contribution in [2.45, 2.75) is 38.1 Å². The molecule has 0 spiro atoms. The van der Waals surface area contributed by atoms with Gasteiger partial charge in [-0.3, -0.25) is 9.59 Å². The normalized spacial score (nSPS) is 16.0. The highest BCUT2D eigenvalue weighted by Gasteiger charge is 2.36. The molecule has 0 saturated carbocycles. The average molecular weight is 437 g/mol. The number of alkyl carbamates (subject to hydrolysis) is 1. The maximum absolute atomic E-state index is 12.5. The summed E-state index contributed by atoms with van der Waals surface area (Å²) < 4.78 is 5.59. The van der Waals surface area contributed by atoms with Gasteiger partial charge < -0.3 is 20.1 Å². The molecule has 1 aliphatic heterocycles. The topological polar surface area (TPSA) is 95.9 Å². The minimum Gasteiger partial charge on any atom is -0.481 e. The number of carboxylic acids is 1. The van der Waals surface area contributed by atoms with Crippen molar-refractivity contribution in [3.63, 3.8) is 0 Å². The second-order valence-corrected chi connectivity index (χ2v) is 8.49. The molecule has 1 aliphatic carbocycles. The van der Waals surface area contributed by atoms with Crippen LogP contribution < -0.4 is 5.32 Å². The van der Waals surface area contributed by atoms with E-state index in [0.29, 0.717) is 6.42 Å². The lowest BCUT2D eigenvalue weighted by atomic mass is 9.98. The van der Waals surface area contributed by atoms with Crippen molar-refractivity contribution in [2.24, 2.45) is 5.92 Å². The van der Waals surface area contributed by atoms with Crippen molar-refractivity contribution in [3.8, 4) is 11.1 Å². The smallest absolute Gasteiger partial charge is 0.407 e. The summed E-state index contributed by atoms with van der Waals surface area (Å²) in [6, 6.07) is 16.0. The zero-order valence-electron chi connectivity index (χ0n) is 18.1. The van der Waals surface area contributed by atoms with Gasteiger partial charge in [0.15, 0.2) is 0 Å². The number of nitrogens with one attached hydrogen (secondary N) is 1. The summed E-state index contributed by atoms with van der Waals surface area (Å²) >= 11 is 0. The van der Waals surface area contributed by atoms with Gasteiger partial charge >= 0.3 is 12.1 Å². The number of rotatable bonds is 8. The molecule has 1 heterocycles. The predicted octanol–water partition coefficient (Wildman–Crippen LogP) is 3.63. The number of benzene rings is 2. The van der Waals surface area contributed by atoms with E-state index in [0.717, 1.165) is 17.5 Å². The number of carbonyl (C=O) groups excluding carboxylic acids is 2. The van der Waals surface area contributed by atoms with Crippen LogP contribution in [-0.4, -0.2) is 53.7 Å². The molecule has 7 heteroatoms. The second-order valence-electron chi connectivity index (χ2n) is 8.49. The van der Waals surface area contributed by atoms with Gasteiger partial charge in [0.1, 0.15) is 6.61 Å². The third kappa shape index (κ3) is 4.47. The zero-order valence-corrected chi connectivity index (χ0v) is 18.1. The molecule has 168 valence electrons. The third-order valence-electron chi connectivity index (χ3n) is 6.31. The highest BCUT2D eigenvalue weighted by atomic mass is 16.5. The lowest BCUT2D eigenvalue weighted by molar-refractivity contribution is -0.152. The van der Waals surface area contributed by atoms with E-state index in [9.17, 15) is 14.4 Å². The van der Waals surface area contributed by atoms with Crippen molar-refractivity contribution in [3.05, 3.63) is 59.7 Å². The second kappa shape index (κ2) is 9.42. The van der Waals surface area contributed by atoms with E-state index in [4.69, 9.17) is 9.84 Å². The number of amides is 2. The quantitative estimate of drug-likeness (QED) is 0.659. The van der Waals surface area contributed by atoms with Gasteiger partial charge in [0.05, 0.1) is 5.92 Å². The number of carbonyl (C=O) groups is 3. The van der Waals surface area contributed by atoms with Crippen LogP contribution in [0.2, 0.25) is 0 Å². The molecule has 4 rings (SSSR count). The van der Waals surface area contributed by atoms with Crippen LogP contribution in [0.15, 0.2) is 48.5 Å². The molecule has 1 atom stereocenters. The lowest BCUT2D eigenvalue weighted by Gasteiger charge is -2.37. The number of ether oxygens (including phenoxy) is 1. The van der Waals surface area contributed by atoms with Crippen molar-refractivity contribution < 1.29 is 24.2 Å². The Kier molecular flexibility index (Phi) is 6.44. The first kappa shape index (κ1) is 21.9. The Labute approximate surface area is 187 Å². The van der Waals surface area contributed by atoms with Gasteiger partial charge in [-0.15, -0.1) is 0 Å². The van der Waals surface area contributed by atoms with Crippen LogP contribution in [0.25, 0.3) is 11.1 Å². The fraction of sp³-hybridized carbons (Fsp3) is 0.400. The van der Waals surface area contributed by atoms with Crippen LogP contribution in [0.5, 0.6) is 0 Å². The Balaban J connectivity index is 1.33. The first-order chi connectivity index (χ1) is 15.5. The lowest BCUT2D eigenvalue weighted by Crippen LogP contribution is -2.54. The summed E-state index contributed by atoms with van der Waals surface area (Å²) in [6.07, 6.45) is 1.06. The largest absolute Gasteiger partial charge is 0.481 e. The minimum absolute atomic E-state index is 0.0200. The molecule has 2 aromatic carbocycles. The van der Waals surface area contributed by atoms with Gasteiger partial charge in [0, 0.05) is 31.5 Å². The molecular weight excluding hydrogens is 408 g/mol. The Morgan fingerprint density at radius 2 is 1.66 bits per heavy atom. The third-order valence-corrected chi connectivity index (χ3v) is 6.31. The van der Waals surface area contributed by atoms with Crippen molar-refractivity contribution in [1.82, 2.24) is 10.2 Å². The molecule has 0 radical (unpaired) electrons. The van der Waals surface area contributed by atoms with E-state index < -0.39 is 18.0 Å². The maximum atomic E-state index is 12.5.